The number of carbonyl (C=O) groups is 2. The van der Waals surface area contributed by atoms with E-state index in [0.717, 1.165) is 6.42 Å². The molecule has 0 spiro atoms. The molecule has 6 heteroatoms. The lowest BCUT2D eigenvalue weighted by atomic mass is 10.1. The van der Waals surface area contributed by atoms with Crippen LogP contribution in [-0.2, 0) is 4.79 Å². The Bertz CT molecular complexity index is 759. The molecule has 0 aliphatic carbocycles. The van der Waals surface area contributed by atoms with Gasteiger partial charge in [-0.15, -0.1) is 0 Å². The number of hydrogen-bond donors (Lipinski definition) is 2. The van der Waals surface area contributed by atoms with Crippen LogP contribution < -0.4 is 20.1 Å². The minimum Gasteiger partial charge on any atom is -0.493 e. The number of anilines is 2. The Balaban J connectivity index is 2.20. The molecule has 0 atom stereocenters. The SMILES string of the molecule is CCCC(=O)Nc1ccccc1C(=O)Nc1ccc(OC)c(OC)c1. The second-order valence-electron chi connectivity index (χ2n) is 5.37. The Labute approximate surface area is 147 Å². The van der Waals surface area contributed by atoms with Gasteiger partial charge in [-0.3, -0.25) is 9.59 Å². The molecular weight excluding hydrogens is 320 g/mol. The summed E-state index contributed by atoms with van der Waals surface area (Å²) in [6, 6.07) is 12.0. The number of methoxy groups -OCH3 is 2. The molecule has 0 radical (unpaired) electrons. The fourth-order valence-electron chi connectivity index (χ4n) is 2.34. The fraction of sp³-hybridized carbons (Fsp3) is 0.263. The largest absolute Gasteiger partial charge is 0.493 e. The lowest BCUT2D eigenvalue weighted by molar-refractivity contribution is -0.116. The highest BCUT2D eigenvalue weighted by molar-refractivity contribution is 6.10. The monoisotopic (exact) mass is 342 g/mol. The van der Waals surface area contributed by atoms with Gasteiger partial charge in [0.2, 0.25) is 5.91 Å². The summed E-state index contributed by atoms with van der Waals surface area (Å²) in [6.07, 6.45) is 1.15. The van der Waals surface area contributed by atoms with Gasteiger partial charge in [0, 0.05) is 18.2 Å². The minimum absolute atomic E-state index is 0.117. The predicted octanol–water partition coefficient (Wildman–Crippen LogP) is 3.69. The standard InChI is InChI=1S/C19H22N2O4/c1-4-7-18(22)21-15-9-6-5-8-14(15)19(23)20-13-10-11-16(24-2)17(12-13)25-3/h5-6,8-12H,4,7H2,1-3H3,(H,20,23)(H,21,22). The Morgan fingerprint density at radius 1 is 0.960 bits per heavy atom. The number of nitrogens with one attached hydrogen (secondary N) is 2. The maximum atomic E-state index is 12.6. The van der Waals surface area contributed by atoms with E-state index in [-0.39, 0.29) is 11.8 Å². The highest BCUT2D eigenvalue weighted by atomic mass is 16.5. The molecule has 2 aromatic carbocycles. The van der Waals surface area contributed by atoms with Gasteiger partial charge in [0.1, 0.15) is 0 Å². The van der Waals surface area contributed by atoms with Gasteiger partial charge < -0.3 is 20.1 Å². The summed E-state index contributed by atoms with van der Waals surface area (Å²) in [5, 5.41) is 5.58. The average molecular weight is 342 g/mol. The van der Waals surface area contributed by atoms with Gasteiger partial charge in [0.05, 0.1) is 25.5 Å². The fourth-order valence-corrected chi connectivity index (χ4v) is 2.34. The van der Waals surface area contributed by atoms with Crippen molar-refractivity contribution in [3.63, 3.8) is 0 Å². The van der Waals surface area contributed by atoms with Gasteiger partial charge in [-0.25, -0.2) is 0 Å². The summed E-state index contributed by atoms with van der Waals surface area (Å²) in [7, 11) is 3.08. The molecule has 0 aromatic heterocycles. The van der Waals surface area contributed by atoms with Gasteiger partial charge in [0.15, 0.2) is 11.5 Å². The summed E-state index contributed by atoms with van der Waals surface area (Å²) in [4.78, 5) is 24.4. The van der Waals surface area contributed by atoms with Gasteiger partial charge in [-0.05, 0) is 30.7 Å². The van der Waals surface area contributed by atoms with E-state index in [1.54, 1.807) is 49.6 Å². The van der Waals surface area contributed by atoms with Crippen LogP contribution in [0.2, 0.25) is 0 Å². The lowest BCUT2D eigenvalue weighted by Gasteiger charge is -2.13. The van der Waals surface area contributed by atoms with Gasteiger partial charge in [0.25, 0.3) is 5.91 Å². The third-order valence-corrected chi connectivity index (χ3v) is 3.56. The van der Waals surface area contributed by atoms with Crippen LogP contribution in [0.4, 0.5) is 11.4 Å². The quantitative estimate of drug-likeness (QED) is 0.804. The van der Waals surface area contributed by atoms with Crippen LogP contribution in [-0.4, -0.2) is 26.0 Å². The molecule has 2 N–H and O–H groups in total. The third-order valence-electron chi connectivity index (χ3n) is 3.56. The van der Waals surface area contributed by atoms with Crippen LogP contribution in [0.15, 0.2) is 42.5 Å². The van der Waals surface area contributed by atoms with E-state index in [0.29, 0.717) is 34.9 Å². The Morgan fingerprint density at radius 2 is 1.68 bits per heavy atom. The molecule has 0 heterocycles. The summed E-state index contributed by atoms with van der Waals surface area (Å²) in [5.74, 6) is 0.658. The highest BCUT2D eigenvalue weighted by Crippen LogP contribution is 2.30. The van der Waals surface area contributed by atoms with Gasteiger partial charge >= 0.3 is 0 Å². The van der Waals surface area contributed by atoms with Gasteiger partial charge in [-0.1, -0.05) is 19.1 Å². The Morgan fingerprint density at radius 3 is 2.36 bits per heavy atom. The predicted molar refractivity (Wildman–Crippen MR) is 97.5 cm³/mol. The van der Waals surface area contributed by atoms with E-state index in [1.807, 2.05) is 6.92 Å². The van der Waals surface area contributed by atoms with Crippen molar-refractivity contribution in [2.24, 2.45) is 0 Å². The molecule has 0 aliphatic heterocycles. The third kappa shape index (κ3) is 4.73. The molecule has 2 rings (SSSR count). The maximum Gasteiger partial charge on any atom is 0.257 e. The summed E-state index contributed by atoms with van der Waals surface area (Å²) >= 11 is 0. The molecule has 0 saturated carbocycles. The first kappa shape index (κ1) is 18.3. The average Bonchev–Trinajstić information content (AvgIpc) is 2.62. The molecule has 0 fully saturated rings. The molecule has 2 aromatic rings. The van der Waals surface area contributed by atoms with Gasteiger partial charge in [-0.2, -0.15) is 0 Å². The van der Waals surface area contributed by atoms with Crippen molar-refractivity contribution >= 4 is 23.2 Å². The molecular formula is C19H22N2O4. The van der Waals surface area contributed by atoms with E-state index in [1.165, 1.54) is 7.11 Å². The number of amides is 2. The lowest BCUT2D eigenvalue weighted by Crippen LogP contribution is -2.17. The smallest absolute Gasteiger partial charge is 0.257 e. The number of carbonyl (C=O) groups excluding carboxylic acids is 2. The first-order valence-corrected chi connectivity index (χ1v) is 8.01. The highest BCUT2D eigenvalue weighted by Gasteiger charge is 2.14. The van der Waals surface area contributed by atoms with E-state index in [4.69, 9.17) is 9.47 Å². The molecule has 132 valence electrons. The number of benzene rings is 2. The van der Waals surface area contributed by atoms with Crippen molar-refractivity contribution in [3.8, 4) is 11.5 Å². The van der Waals surface area contributed by atoms with Crippen LogP contribution in [0.5, 0.6) is 11.5 Å². The van der Waals surface area contributed by atoms with Crippen LogP contribution in [0.25, 0.3) is 0 Å². The molecule has 2 amide bonds. The van der Waals surface area contributed by atoms with E-state index in [2.05, 4.69) is 10.6 Å². The second-order valence-corrected chi connectivity index (χ2v) is 5.37. The number of para-hydroxylation sites is 1. The van der Waals surface area contributed by atoms with Crippen molar-refractivity contribution in [2.45, 2.75) is 19.8 Å². The van der Waals surface area contributed by atoms with Crippen molar-refractivity contribution < 1.29 is 19.1 Å². The van der Waals surface area contributed by atoms with E-state index < -0.39 is 0 Å². The minimum atomic E-state index is -0.320. The zero-order valence-electron chi connectivity index (χ0n) is 14.6. The van der Waals surface area contributed by atoms with Crippen molar-refractivity contribution in [1.29, 1.82) is 0 Å². The van der Waals surface area contributed by atoms with Crippen LogP contribution in [0.3, 0.4) is 0 Å². The maximum absolute atomic E-state index is 12.6. The first-order valence-electron chi connectivity index (χ1n) is 8.01. The molecule has 0 saturated heterocycles. The second kappa shape index (κ2) is 8.73. The molecule has 0 aliphatic rings. The normalized spacial score (nSPS) is 10.0. The zero-order valence-corrected chi connectivity index (χ0v) is 14.6. The number of ether oxygens (including phenoxy) is 2. The molecule has 6 nitrogen and oxygen atoms in total. The molecule has 25 heavy (non-hydrogen) atoms. The topological polar surface area (TPSA) is 76.7 Å². The van der Waals surface area contributed by atoms with Crippen LogP contribution in [0.1, 0.15) is 30.1 Å². The van der Waals surface area contributed by atoms with E-state index >= 15 is 0 Å². The van der Waals surface area contributed by atoms with Crippen molar-refractivity contribution in [3.05, 3.63) is 48.0 Å². The Hall–Kier alpha value is -3.02. The first-order chi connectivity index (χ1) is 12.1. The van der Waals surface area contributed by atoms with Crippen molar-refractivity contribution in [2.75, 3.05) is 24.9 Å². The number of rotatable bonds is 7. The Kier molecular flexibility index (Phi) is 6.39. The van der Waals surface area contributed by atoms with Crippen LogP contribution in [0, 0.1) is 0 Å². The van der Waals surface area contributed by atoms with Crippen molar-refractivity contribution in [1.82, 2.24) is 0 Å². The summed E-state index contributed by atoms with van der Waals surface area (Å²) in [5.41, 5.74) is 1.44. The summed E-state index contributed by atoms with van der Waals surface area (Å²) < 4.78 is 10.4. The summed E-state index contributed by atoms with van der Waals surface area (Å²) in [6.45, 7) is 1.93. The molecule has 0 bridgehead atoms. The van der Waals surface area contributed by atoms with E-state index in [9.17, 15) is 9.59 Å². The van der Waals surface area contributed by atoms with Crippen LogP contribution >= 0.6 is 0 Å². The molecule has 0 unspecified atom stereocenters. The zero-order chi connectivity index (χ0) is 18.2. The number of hydrogen-bond acceptors (Lipinski definition) is 4.